The number of nitrogens with zero attached hydrogens (tertiary/aromatic N) is 2. The van der Waals surface area contributed by atoms with Gasteiger partial charge < -0.3 is 0 Å². The van der Waals surface area contributed by atoms with Gasteiger partial charge in [-0.05, 0) is 14.1 Å². The van der Waals surface area contributed by atoms with Gasteiger partial charge in [0.15, 0.2) is 0 Å². The van der Waals surface area contributed by atoms with Crippen LogP contribution in [0.4, 0.5) is 13.2 Å². The summed E-state index contributed by atoms with van der Waals surface area (Å²) in [5, 5.41) is 0. The molecule has 1 aliphatic rings. The van der Waals surface area contributed by atoms with E-state index < -0.39 is 12.2 Å². The lowest BCUT2D eigenvalue weighted by molar-refractivity contribution is -0.169. The summed E-state index contributed by atoms with van der Waals surface area (Å²) < 4.78 is 36.3. The standard InChI is InChI=1S/C6H11F3N2/c1-10-3-5(6(7,8)9)11(2)4-10/h5H,3-4H2,1-2H3. The fraction of sp³-hybridized carbons (Fsp3) is 1.00. The number of rotatable bonds is 0. The molecule has 0 N–H and O–H groups in total. The van der Waals surface area contributed by atoms with Crippen LogP contribution in [0.5, 0.6) is 0 Å². The van der Waals surface area contributed by atoms with Crippen molar-refractivity contribution in [1.82, 2.24) is 9.80 Å². The lowest BCUT2D eigenvalue weighted by atomic mass is 10.3. The van der Waals surface area contributed by atoms with Gasteiger partial charge in [-0.15, -0.1) is 0 Å². The molecule has 1 atom stereocenters. The summed E-state index contributed by atoms with van der Waals surface area (Å²) in [7, 11) is 3.17. The Labute approximate surface area is 63.6 Å². The summed E-state index contributed by atoms with van der Waals surface area (Å²) >= 11 is 0. The van der Waals surface area contributed by atoms with Gasteiger partial charge >= 0.3 is 6.18 Å². The van der Waals surface area contributed by atoms with Gasteiger partial charge in [0.2, 0.25) is 0 Å². The third-order valence-corrected chi connectivity index (χ3v) is 1.86. The van der Waals surface area contributed by atoms with E-state index in [1.54, 1.807) is 11.9 Å². The third kappa shape index (κ3) is 1.84. The summed E-state index contributed by atoms with van der Waals surface area (Å²) in [4.78, 5) is 2.96. The molecule has 11 heavy (non-hydrogen) atoms. The van der Waals surface area contributed by atoms with E-state index in [4.69, 9.17) is 0 Å². The summed E-state index contributed by atoms with van der Waals surface area (Å²) in [5.74, 6) is 0. The SMILES string of the molecule is CN1CC(C(F)(F)F)N(C)C1. The number of halogens is 3. The van der Waals surface area contributed by atoms with E-state index in [1.165, 1.54) is 11.9 Å². The largest absolute Gasteiger partial charge is 0.405 e. The molecule has 0 radical (unpaired) electrons. The van der Waals surface area contributed by atoms with Crippen LogP contribution in [0, 0.1) is 0 Å². The monoisotopic (exact) mass is 168 g/mol. The summed E-state index contributed by atoms with van der Waals surface area (Å²) in [6.07, 6.45) is -4.08. The van der Waals surface area contributed by atoms with Gasteiger partial charge in [-0.1, -0.05) is 0 Å². The zero-order valence-corrected chi connectivity index (χ0v) is 6.52. The van der Waals surface area contributed by atoms with E-state index in [2.05, 4.69) is 0 Å². The second-order valence-electron chi connectivity index (χ2n) is 2.99. The molecular weight excluding hydrogens is 157 g/mol. The molecule has 2 nitrogen and oxygen atoms in total. The molecule has 0 aromatic heterocycles. The third-order valence-electron chi connectivity index (χ3n) is 1.86. The fourth-order valence-electron chi connectivity index (χ4n) is 1.33. The number of hydrogen-bond acceptors (Lipinski definition) is 2. The van der Waals surface area contributed by atoms with Gasteiger partial charge in [0.05, 0.1) is 6.67 Å². The van der Waals surface area contributed by atoms with Crippen LogP contribution in [0.25, 0.3) is 0 Å². The Bertz CT molecular complexity index is 145. The maximum atomic E-state index is 12.1. The molecule has 0 aromatic carbocycles. The van der Waals surface area contributed by atoms with Crippen molar-refractivity contribution in [2.75, 3.05) is 27.3 Å². The highest BCUT2D eigenvalue weighted by atomic mass is 19.4. The molecule has 5 heteroatoms. The van der Waals surface area contributed by atoms with Crippen molar-refractivity contribution in [3.63, 3.8) is 0 Å². The molecule has 66 valence electrons. The van der Waals surface area contributed by atoms with Crippen molar-refractivity contribution in [2.24, 2.45) is 0 Å². The van der Waals surface area contributed by atoms with E-state index in [0.717, 1.165) is 0 Å². The minimum absolute atomic E-state index is 0.0833. The van der Waals surface area contributed by atoms with Crippen LogP contribution < -0.4 is 0 Å². The van der Waals surface area contributed by atoms with Crippen molar-refractivity contribution < 1.29 is 13.2 Å². The van der Waals surface area contributed by atoms with Crippen molar-refractivity contribution in [1.29, 1.82) is 0 Å². The predicted molar refractivity (Wildman–Crippen MR) is 35.1 cm³/mol. The summed E-state index contributed by atoms with van der Waals surface area (Å²) in [5.41, 5.74) is 0. The predicted octanol–water partition coefficient (Wildman–Crippen LogP) is 0.752. The number of likely N-dealkylation sites (N-methyl/N-ethyl adjacent to an activating group) is 2. The van der Waals surface area contributed by atoms with Crippen molar-refractivity contribution >= 4 is 0 Å². The first-order chi connectivity index (χ1) is 4.91. The van der Waals surface area contributed by atoms with Crippen molar-refractivity contribution in [3.05, 3.63) is 0 Å². The first-order valence-corrected chi connectivity index (χ1v) is 3.37. The van der Waals surface area contributed by atoms with Gasteiger partial charge in [0, 0.05) is 6.54 Å². The highest BCUT2D eigenvalue weighted by Gasteiger charge is 2.45. The topological polar surface area (TPSA) is 6.48 Å². The van der Waals surface area contributed by atoms with Gasteiger partial charge in [-0.2, -0.15) is 13.2 Å². The van der Waals surface area contributed by atoms with Crippen LogP contribution in [0.2, 0.25) is 0 Å². The molecule has 0 aliphatic carbocycles. The van der Waals surface area contributed by atoms with Gasteiger partial charge in [0.25, 0.3) is 0 Å². The molecule has 1 saturated heterocycles. The van der Waals surface area contributed by atoms with E-state index in [0.29, 0.717) is 6.67 Å². The van der Waals surface area contributed by atoms with E-state index in [1.807, 2.05) is 0 Å². The minimum atomic E-state index is -4.08. The molecule has 0 saturated carbocycles. The van der Waals surface area contributed by atoms with Crippen LogP contribution in [0.1, 0.15) is 0 Å². The lowest BCUT2D eigenvalue weighted by Gasteiger charge is -2.20. The fourth-order valence-corrected chi connectivity index (χ4v) is 1.33. The average molecular weight is 168 g/mol. The second kappa shape index (κ2) is 2.64. The molecule has 0 aromatic rings. The maximum absolute atomic E-state index is 12.1. The van der Waals surface area contributed by atoms with Gasteiger partial charge in [0.1, 0.15) is 6.04 Å². The van der Waals surface area contributed by atoms with E-state index in [-0.39, 0.29) is 6.54 Å². The Hall–Kier alpha value is -0.290. The summed E-state index contributed by atoms with van der Waals surface area (Å²) in [6, 6.07) is -1.28. The average Bonchev–Trinajstić information content (AvgIpc) is 2.08. The normalized spacial score (nSPS) is 29.7. The first-order valence-electron chi connectivity index (χ1n) is 3.37. The zero-order valence-electron chi connectivity index (χ0n) is 6.52. The Morgan fingerprint density at radius 1 is 1.27 bits per heavy atom. The molecule has 1 unspecified atom stereocenters. The Morgan fingerprint density at radius 2 is 1.82 bits per heavy atom. The van der Waals surface area contributed by atoms with E-state index >= 15 is 0 Å². The molecule has 0 spiro atoms. The molecule has 1 heterocycles. The first kappa shape index (κ1) is 8.80. The molecule has 1 rings (SSSR count). The molecule has 1 aliphatic heterocycles. The highest BCUT2D eigenvalue weighted by Crippen LogP contribution is 2.27. The second-order valence-corrected chi connectivity index (χ2v) is 2.99. The van der Waals surface area contributed by atoms with Crippen molar-refractivity contribution in [3.8, 4) is 0 Å². The molecule has 0 bridgehead atoms. The maximum Gasteiger partial charge on any atom is 0.405 e. The number of alkyl halides is 3. The lowest BCUT2D eigenvalue weighted by Crippen LogP contribution is -2.40. The molecule has 1 fully saturated rings. The summed E-state index contributed by atoms with van der Waals surface area (Å²) in [6.45, 7) is 0.476. The van der Waals surface area contributed by atoms with Crippen LogP contribution in [-0.2, 0) is 0 Å². The smallest absolute Gasteiger partial charge is 0.292 e. The highest BCUT2D eigenvalue weighted by molar-refractivity contribution is 4.84. The van der Waals surface area contributed by atoms with Gasteiger partial charge in [-0.25, -0.2) is 0 Å². The van der Waals surface area contributed by atoms with Crippen LogP contribution in [0.3, 0.4) is 0 Å². The molecule has 0 amide bonds. The minimum Gasteiger partial charge on any atom is -0.292 e. The molecular formula is C6H11F3N2. The Balaban J connectivity index is 2.60. The van der Waals surface area contributed by atoms with E-state index in [9.17, 15) is 13.2 Å². The zero-order chi connectivity index (χ0) is 8.65. The van der Waals surface area contributed by atoms with Crippen LogP contribution >= 0.6 is 0 Å². The quantitative estimate of drug-likeness (QED) is 0.526. The number of hydrogen-bond donors (Lipinski definition) is 0. The van der Waals surface area contributed by atoms with Crippen molar-refractivity contribution in [2.45, 2.75) is 12.2 Å². The van der Waals surface area contributed by atoms with Gasteiger partial charge in [-0.3, -0.25) is 9.80 Å². The van der Waals surface area contributed by atoms with Crippen LogP contribution in [-0.4, -0.2) is 49.3 Å². The Kier molecular flexibility index (Phi) is 2.11. The van der Waals surface area contributed by atoms with Crippen LogP contribution in [0.15, 0.2) is 0 Å². The Morgan fingerprint density at radius 3 is 2.00 bits per heavy atom.